The second kappa shape index (κ2) is 7.93. The fourth-order valence-corrected chi connectivity index (χ4v) is 5.19. The van der Waals surface area contributed by atoms with Gasteiger partial charge in [-0.3, -0.25) is 4.90 Å². The van der Waals surface area contributed by atoms with Crippen molar-refractivity contribution in [1.29, 1.82) is 0 Å². The molecule has 0 spiro atoms. The van der Waals surface area contributed by atoms with E-state index in [4.69, 9.17) is 19.4 Å². The largest absolute Gasteiger partial charge is 0.438 e. The first-order valence-electron chi connectivity index (χ1n) is 9.91. The van der Waals surface area contributed by atoms with Gasteiger partial charge >= 0.3 is 0 Å². The Morgan fingerprint density at radius 2 is 1.90 bits per heavy atom. The van der Waals surface area contributed by atoms with Crippen molar-refractivity contribution in [3.63, 3.8) is 0 Å². The fraction of sp³-hybridized carbons (Fsp3) is 0.429. The molecule has 0 amide bonds. The van der Waals surface area contributed by atoms with Gasteiger partial charge in [0.1, 0.15) is 16.4 Å². The SMILES string of the molecule is Fc1ccc(Oc2nc(CN3CCOCC3)nc3sc4c(c23)CCCC4)cc1F. The van der Waals surface area contributed by atoms with Crippen LogP contribution in [0.3, 0.4) is 0 Å². The van der Waals surface area contributed by atoms with Crippen LogP contribution in [0.25, 0.3) is 10.2 Å². The van der Waals surface area contributed by atoms with E-state index in [1.165, 1.54) is 22.9 Å². The monoisotopic (exact) mass is 417 g/mol. The molecule has 0 atom stereocenters. The van der Waals surface area contributed by atoms with E-state index in [1.54, 1.807) is 11.3 Å². The summed E-state index contributed by atoms with van der Waals surface area (Å²) in [4.78, 5) is 14.0. The maximum atomic E-state index is 13.7. The Morgan fingerprint density at radius 3 is 2.72 bits per heavy atom. The molecule has 5 rings (SSSR count). The second-order valence-electron chi connectivity index (χ2n) is 7.40. The fourth-order valence-electron chi connectivity index (χ4n) is 3.92. The number of halogens is 2. The maximum absolute atomic E-state index is 13.7. The lowest BCUT2D eigenvalue weighted by atomic mass is 9.97. The van der Waals surface area contributed by atoms with Gasteiger partial charge in [-0.1, -0.05) is 0 Å². The third kappa shape index (κ3) is 3.84. The summed E-state index contributed by atoms with van der Waals surface area (Å²) >= 11 is 1.70. The number of nitrogens with zero attached hydrogens (tertiary/aromatic N) is 3. The summed E-state index contributed by atoms with van der Waals surface area (Å²) in [7, 11) is 0. The van der Waals surface area contributed by atoms with Crippen LogP contribution in [0.5, 0.6) is 11.6 Å². The molecular formula is C21H21F2N3O2S. The van der Waals surface area contributed by atoms with Gasteiger partial charge in [-0.2, -0.15) is 4.98 Å². The second-order valence-corrected chi connectivity index (χ2v) is 8.49. The van der Waals surface area contributed by atoms with Crippen LogP contribution in [0.4, 0.5) is 8.78 Å². The molecule has 1 saturated heterocycles. The predicted molar refractivity (Wildman–Crippen MR) is 107 cm³/mol. The Labute approximate surface area is 171 Å². The van der Waals surface area contributed by atoms with Crippen molar-refractivity contribution in [2.75, 3.05) is 26.3 Å². The van der Waals surface area contributed by atoms with Crippen LogP contribution in [0.1, 0.15) is 29.1 Å². The van der Waals surface area contributed by atoms with Crippen LogP contribution < -0.4 is 4.74 Å². The number of thiophene rings is 1. The molecule has 0 saturated carbocycles. The number of ether oxygens (including phenoxy) is 2. The molecule has 5 nitrogen and oxygen atoms in total. The molecular weight excluding hydrogens is 396 g/mol. The van der Waals surface area contributed by atoms with E-state index in [-0.39, 0.29) is 5.75 Å². The van der Waals surface area contributed by atoms with E-state index in [9.17, 15) is 8.78 Å². The molecule has 1 fully saturated rings. The molecule has 2 aliphatic rings. The highest BCUT2D eigenvalue weighted by atomic mass is 32.1. The Bertz CT molecular complexity index is 1050. The number of rotatable bonds is 4. The molecule has 0 bridgehead atoms. The number of fused-ring (bicyclic) bond motifs is 3. The molecule has 0 N–H and O–H groups in total. The number of hydrogen-bond donors (Lipinski definition) is 0. The summed E-state index contributed by atoms with van der Waals surface area (Å²) in [5, 5.41) is 0.917. The minimum atomic E-state index is -0.936. The molecule has 1 aliphatic carbocycles. The van der Waals surface area contributed by atoms with Crippen molar-refractivity contribution in [1.82, 2.24) is 14.9 Å². The summed E-state index contributed by atoms with van der Waals surface area (Å²) in [6, 6.07) is 3.55. The Balaban J connectivity index is 1.56. The number of benzene rings is 1. The Hall–Kier alpha value is -2.16. The maximum Gasteiger partial charge on any atom is 0.231 e. The van der Waals surface area contributed by atoms with E-state index in [0.717, 1.165) is 54.7 Å². The molecule has 1 aliphatic heterocycles. The molecule has 0 radical (unpaired) electrons. The number of hydrogen-bond acceptors (Lipinski definition) is 6. The van der Waals surface area contributed by atoms with Crippen molar-refractivity contribution in [3.05, 3.63) is 46.1 Å². The van der Waals surface area contributed by atoms with Crippen LogP contribution in [0.15, 0.2) is 18.2 Å². The van der Waals surface area contributed by atoms with Crippen molar-refractivity contribution < 1.29 is 18.3 Å². The quantitative estimate of drug-likeness (QED) is 0.627. The van der Waals surface area contributed by atoms with Crippen LogP contribution in [-0.2, 0) is 24.1 Å². The first kappa shape index (κ1) is 18.8. The molecule has 0 unspecified atom stereocenters. The molecule has 2 aromatic heterocycles. The van der Waals surface area contributed by atoms with Crippen LogP contribution in [0.2, 0.25) is 0 Å². The van der Waals surface area contributed by atoms with Gasteiger partial charge in [0.05, 0.1) is 25.1 Å². The van der Waals surface area contributed by atoms with E-state index in [0.29, 0.717) is 31.5 Å². The lowest BCUT2D eigenvalue weighted by Crippen LogP contribution is -2.36. The zero-order valence-corrected chi connectivity index (χ0v) is 16.7. The van der Waals surface area contributed by atoms with Crippen LogP contribution in [-0.4, -0.2) is 41.2 Å². The first-order valence-corrected chi connectivity index (χ1v) is 10.7. The third-order valence-corrected chi connectivity index (χ3v) is 6.59. The minimum Gasteiger partial charge on any atom is -0.438 e. The molecule has 3 aromatic rings. The predicted octanol–water partition coefficient (Wildman–Crippen LogP) is 4.47. The summed E-state index contributed by atoms with van der Waals surface area (Å²) in [5.41, 5.74) is 1.24. The zero-order chi connectivity index (χ0) is 19.8. The summed E-state index contributed by atoms with van der Waals surface area (Å²) in [6.45, 7) is 3.68. The standard InChI is InChI=1S/C21H21F2N3O2S/c22-15-6-5-13(11-16(15)23)28-20-19-14-3-1-2-4-17(14)29-21(19)25-18(24-20)12-26-7-9-27-10-8-26/h5-6,11H,1-4,7-10,12H2. The topological polar surface area (TPSA) is 47.5 Å². The summed E-state index contributed by atoms with van der Waals surface area (Å²) in [6.07, 6.45) is 4.31. The first-order chi connectivity index (χ1) is 14.2. The zero-order valence-electron chi connectivity index (χ0n) is 15.9. The molecule has 1 aromatic carbocycles. The highest BCUT2D eigenvalue weighted by Gasteiger charge is 2.23. The van der Waals surface area contributed by atoms with Gasteiger partial charge in [0.25, 0.3) is 0 Å². The van der Waals surface area contributed by atoms with Crippen molar-refractivity contribution >= 4 is 21.6 Å². The van der Waals surface area contributed by atoms with E-state index in [2.05, 4.69) is 4.90 Å². The van der Waals surface area contributed by atoms with Gasteiger partial charge in [-0.05, 0) is 43.4 Å². The van der Waals surface area contributed by atoms with Gasteiger partial charge < -0.3 is 9.47 Å². The smallest absolute Gasteiger partial charge is 0.231 e. The average molecular weight is 417 g/mol. The summed E-state index contributed by atoms with van der Waals surface area (Å²) in [5.74, 6) is -0.490. The van der Waals surface area contributed by atoms with Crippen LogP contribution >= 0.6 is 11.3 Å². The molecule has 152 valence electrons. The van der Waals surface area contributed by atoms with E-state index >= 15 is 0 Å². The van der Waals surface area contributed by atoms with Gasteiger partial charge in [-0.25, -0.2) is 13.8 Å². The molecule has 3 heterocycles. The van der Waals surface area contributed by atoms with E-state index in [1.807, 2.05) is 0 Å². The van der Waals surface area contributed by atoms with Gasteiger partial charge in [-0.15, -0.1) is 11.3 Å². The highest BCUT2D eigenvalue weighted by molar-refractivity contribution is 7.18. The van der Waals surface area contributed by atoms with Crippen LogP contribution in [0, 0.1) is 11.6 Å². The normalized spacial score (nSPS) is 17.4. The number of aromatic nitrogens is 2. The lowest BCUT2D eigenvalue weighted by Gasteiger charge is -2.25. The van der Waals surface area contributed by atoms with Gasteiger partial charge in [0.2, 0.25) is 5.88 Å². The number of aryl methyl sites for hydroxylation is 2. The minimum absolute atomic E-state index is 0.233. The van der Waals surface area contributed by atoms with Crippen molar-refractivity contribution in [2.45, 2.75) is 32.2 Å². The van der Waals surface area contributed by atoms with Gasteiger partial charge in [0, 0.05) is 24.0 Å². The molecule has 29 heavy (non-hydrogen) atoms. The molecule has 8 heteroatoms. The van der Waals surface area contributed by atoms with Crippen molar-refractivity contribution in [2.24, 2.45) is 0 Å². The Kier molecular flexibility index (Phi) is 5.15. The summed E-state index contributed by atoms with van der Waals surface area (Å²) < 4.78 is 38.4. The lowest BCUT2D eigenvalue weighted by molar-refractivity contribution is 0.0330. The highest BCUT2D eigenvalue weighted by Crippen LogP contribution is 2.40. The van der Waals surface area contributed by atoms with Gasteiger partial charge in [0.15, 0.2) is 11.6 Å². The third-order valence-electron chi connectivity index (χ3n) is 5.40. The van der Waals surface area contributed by atoms with E-state index < -0.39 is 11.6 Å². The Morgan fingerprint density at radius 1 is 1.07 bits per heavy atom. The average Bonchev–Trinajstić information content (AvgIpc) is 3.10. The van der Waals surface area contributed by atoms with Crippen molar-refractivity contribution in [3.8, 4) is 11.6 Å². The number of morpholine rings is 1.